The lowest BCUT2D eigenvalue weighted by Gasteiger charge is -2.13. The summed E-state index contributed by atoms with van der Waals surface area (Å²) in [5.74, 6) is 0.652. The number of hydrogen-bond donors (Lipinski definition) is 0. The van der Waals surface area contributed by atoms with Gasteiger partial charge in [-0.25, -0.2) is 9.97 Å². The molecule has 0 saturated heterocycles. The lowest BCUT2D eigenvalue weighted by Crippen LogP contribution is -2.03. The minimum atomic E-state index is 0.652. The van der Waals surface area contributed by atoms with Gasteiger partial charge in [0, 0.05) is 38.2 Å². The molecular weight excluding hydrogens is 645 g/mol. The molecule has 53 heavy (non-hydrogen) atoms. The summed E-state index contributed by atoms with van der Waals surface area (Å²) in [4.78, 5) is 10.9. The molecule has 0 fully saturated rings. The topological polar surface area (TPSA) is 35.6 Å². The third-order valence-corrected chi connectivity index (χ3v) is 10.7. The van der Waals surface area contributed by atoms with Crippen LogP contribution >= 0.6 is 0 Å². The Hall–Kier alpha value is -7.04. The predicted molar refractivity (Wildman–Crippen MR) is 221 cm³/mol. The molecule has 0 aliphatic heterocycles. The maximum absolute atomic E-state index is 5.48. The van der Waals surface area contributed by atoms with E-state index in [-0.39, 0.29) is 0 Å². The second kappa shape index (κ2) is 11.5. The number of hydrogen-bond acceptors (Lipinski definition) is 2. The van der Waals surface area contributed by atoms with Crippen molar-refractivity contribution >= 4 is 65.3 Å². The maximum Gasteiger partial charge on any atom is 0.235 e. The number of rotatable bonds is 4. The lowest BCUT2D eigenvalue weighted by molar-refractivity contribution is 1.01. The summed E-state index contributed by atoms with van der Waals surface area (Å²) in [7, 11) is 0. The first-order valence-electron chi connectivity index (χ1n) is 18.1. The predicted octanol–water partition coefficient (Wildman–Crippen LogP) is 12.6. The summed E-state index contributed by atoms with van der Waals surface area (Å²) in [5.41, 5.74) is 12.1. The highest BCUT2D eigenvalue weighted by atomic mass is 15.2. The maximum atomic E-state index is 5.48. The second-order valence-electron chi connectivity index (χ2n) is 14.0. The van der Waals surface area contributed by atoms with Gasteiger partial charge >= 0.3 is 0 Å². The van der Waals surface area contributed by atoms with E-state index in [4.69, 9.17) is 9.97 Å². The Morgan fingerprint density at radius 3 is 1.74 bits per heavy atom. The molecule has 8 aromatic carbocycles. The SMILES string of the molecule is Cc1ccc2cc(-c3nc(-n4c5ccccc5c5cc6c(cc54)c4ccccc4n6-c4ccccc4)nc4cc(-c5ccccc5)ccc34)ccc2c1. The zero-order chi connectivity index (χ0) is 35.0. The molecular formula is C49H32N4. The van der Waals surface area contributed by atoms with Crippen molar-refractivity contribution in [2.24, 2.45) is 0 Å². The first-order valence-corrected chi connectivity index (χ1v) is 18.1. The van der Waals surface area contributed by atoms with Crippen molar-refractivity contribution < 1.29 is 0 Å². The van der Waals surface area contributed by atoms with Gasteiger partial charge in [0.05, 0.1) is 33.3 Å². The Morgan fingerprint density at radius 1 is 0.377 bits per heavy atom. The fourth-order valence-electron chi connectivity index (χ4n) is 8.26. The number of para-hydroxylation sites is 3. The van der Waals surface area contributed by atoms with Crippen molar-refractivity contribution in [3.63, 3.8) is 0 Å². The van der Waals surface area contributed by atoms with E-state index in [1.165, 1.54) is 43.5 Å². The largest absolute Gasteiger partial charge is 0.309 e. The highest BCUT2D eigenvalue weighted by Crippen LogP contribution is 2.40. The summed E-state index contributed by atoms with van der Waals surface area (Å²) in [6.45, 7) is 2.14. The van der Waals surface area contributed by atoms with Crippen LogP contribution in [0.5, 0.6) is 0 Å². The average Bonchev–Trinajstić information content (AvgIpc) is 3.71. The molecule has 248 valence electrons. The van der Waals surface area contributed by atoms with E-state index in [0.717, 1.165) is 55.4 Å². The number of aryl methyl sites for hydroxylation is 1. The van der Waals surface area contributed by atoms with Gasteiger partial charge in [-0.3, -0.25) is 4.57 Å². The van der Waals surface area contributed by atoms with E-state index in [2.05, 4.69) is 192 Å². The summed E-state index contributed by atoms with van der Waals surface area (Å²) in [6, 6.07) is 63.1. The van der Waals surface area contributed by atoms with Gasteiger partial charge in [0.25, 0.3) is 0 Å². The smallest absolute Gasteiger partial charge is 0.235 e. The van der Waals surface area contributed by atoms with Crippen molar-refractivity contribution in [2.75, 3.05) is 0 Å². The molecule has 0 atom stereocenters. The van der Waals surface area contributed by atoms with Crippen LogP contribution in [0.3, 0.4) is 0 Å². The molecule has 4 nitrogen and oxygen atoms in total. The van der Waals surface area contributed by atoms with Crippen LogP contribution in [0.15, 0.2) is 176 Å². The van der Waals surface area contributed by atoms with Gasteiger partial charge in [-0.05, 0) is 83.4 Å². The van der Waals surface area contributed by atoms with Crippen LogP contribution in [-0.4, -0.2) is 19.1 Å². The summed E-state index contributed by atoms with van der Waals surface area (Å²) in [6.07, 6.45) is 0. The molecule has 11 aromatic rings. The Kier molecular flexibility index (Phi) is 6.43. The van der Waals surface area contributed by atoms with Crippen molar-refractivity contribution in [2.45, 2.75) is 6.92 Å². The Labute approximate surface area is 305 Å². The fraction of sp³-hybridized carbons (Fsp3) is 0.0204. The molecule has 0 unspecified atom stereocenters. The van der Waals surface area contributed by atoms with Crippen molar-refractivity contribution in [1.29, 1.82) is 0 Å². The van der Waals surface area contributed by atoms with Gasteiger partial charge in [-0.1, -0.05) is 127 Å². The minimum absolute atomic E-state index is 0.652. The molecule has 0 aliphatic carbocycles. The van der Waals surface area contributed by atoms with Gasteiger partial charge in [0.2, 0.25) is 5.95 Å². The van der Waals surface area contributed by atoms with Gasteiger partial charge < -0.3 is 4.57 Å². The van der Waals surface area contributed by atoms with Crippen LogP contribution in [0, 0.1) is 6.92 Å². The van der Waals surface area contributed by atoms with Crippen molar-refractivity contribution in [3.8, 4) is 34.0 Å². The molecule has 0 saturated carbocycles. The van der Waals surface area contributed by atoms with Gasteiger partial charge in [0.15, 0.2) is 0 Å². The van der Waals surface area contributed by atoms with Crippen LogP contribution in [0.25, 0.3) is 99.3 Å². The average molecular weight is 677 g/mol. The van der Waals surface area contributed by atoms with Gasteiger partial charge in [-0.2, -0.15) is 0 Å². The van der Waals surface area contributed by atoms with Crippen LogP contribution in [0.2, 0.25) is 0 Å². The molecule has 0 radical (unpaired) electrons. The Morgan fingerprint density at radius 2 is 0.981 bits per heavy atom. The van der Waals surface area contributed by atoms with Crippen molar-refractivity contribution in [1.82, 2.24) is 19.1 Å². The Balaban J connectivity index is 1.23. The van der Waals surface area contributed by atoms with E-state index in [1.54, 1.807) is 0 Å². The normalized spacial score (nSPS) is 11.9. The van der Waals surface area contributed by atoms with Crippen LogP contribution in [0.4, 0.5) is 0 Å². The van der Waals surface area contributed by atoms with Crippen LogP contribution < -0.4 is 0 Å². The molecule has 11 rings (SSSR count). The molecule has 0 N–H and O–H groups in total. The molecule has 0 spiro atoms. The molecule has 0 aliphatic rings. The van der Waals surface area contributed by atoms with E-state index < -0.39 is 0 Å². The molecule has 0 bridgehead atoms. The molecule has 3 heterocycles. The van der Waals surface area contributed by atoms with E-state index in [9.17, 15) is 0 Å². The summed E-state index contributed by atoms with van der Waals surface area (Å²) in [5, 5.41) is 8.17. The number of aromatic nitrogens is 4. The van der Waals surface area contributed by atoms with Crippen LogP contribution in [-0.2, 0) is 0 Å². The molecule has 3 aromatic heterocycles. The first-order chi connectivity index (χ1) is 26.2. The highest BCUT2D eigenvalue weighted by Gasteiger charge is 2.21. The monoisotopic (exact) mass is 676 g/mol. The number of benzene rings is 8. The van der Waals surface area contributed by atoms with Gasteiger partial charge in [-0.15, -0.1) is 0 Å². The Bertz CT molecular complexity index is 3230. The van der Waals surface area contributed by atoms with Gasteiger partial charge in [0.1, 0.15) is 0 Å². The van der Waals surface area contributed by atoms with Crippen LogP contribution in [0.1, 0.15) is 5.56 Å². The van der Waals surface area contributed by atoms with E-state index in [1.807, 2.05) is 0 Å². The highest BCUT2D eigenvalue weighted by molar-refractivity contribution is 6.19. The first kappa shape index (κ1) is 29.7. The zero-order valence-electron chi connectivity index (χ0n) is 29.0. The minimum Gasteiger partial charge on any atom is -0.309 e. The molecule has 0 amide bonds. The molecule has 4 heteroatoms. The summed E-state index contributed by atoms with van der Waals surface area (Å²) >= 11 is 0. The summed E-state index contributed by atoms with van der Waals surface area (Å²) < 4.78 is 4.65. The van der Waals surface area contributed by atoms with E-state index in [0.29, 0.717) is 5.95 Å². The number of nitrogens with zero attached hydrogens (tertiary/aromatic N) is 4. The fourth-order valence-corrected chi connectivity index (χ4v) is 8.26. The van der Waals surface area contributed by atoms with E-state index >= 15 is 0 Å². The third-order valence-electron chi connectivity index (χ3n) is 10.7. The standard InChI is InChI=1S/C49H32N4/c1-31-20-21-34-27-36(23-22-33(34)26-31)48-40-25-24-35(32-12-4-2-5-13-32)28-43(40)50-49(51-48)53-45-19-11-9-17-39(45)42-29-46-41(30-47(42)53)38-16-8-10-18-44(38)52(46)37-14-6-3-7-15-37/h2-30H,1H3. The lowest BCUT2D eigenvalue weighted by atomic mass is 9.99. The second-order valence-corrected chi connectivity index (χ2v) is 14.0. The number of fused-ring (bicyclic) bond motifs is 8. The van der Waals surface area contributed by atoms with Crippen molar-refractivity contribution in [3.05, 3.63) is 181 Å². The third kappa shape index (κ3) is 4.62. The quantitative estimate of drug-likeness (QED) is 0.186. The zero-order valence-corrected chi connectivity index (χ0v) is 29.0.